The summed E-state index contributed by atoms with van der Waals surface area (Å²) in [7, 11) is -5.76. The van der Waals surface area contributed by atoms with Crippen molar-refractivity contribution in [3.05, 3.63) is 99.7 Å². The number of ether oxygens (including phenoxy) is 3. The molecule has 370 valence electrons. The van der Waals surface area contributed by atoms with E-state index in [0.717, 1.165) is 87.8 Å². The van der Waals surface area contributed by atoms with Crippen molar-refractivity contribution in [2.45, 2.75) is 109 Å². The van der Waals surface area contributed by atoms with Crippen LogP contribution in [0.1, 0.15) is 81.6 Å². The molecule has 0 radical (unpaired) electrons. The van der Waals surface area contributed by atoms with Crippen LogP contribution < -0.4 is 19.1 Å². The van der Waals surface area contributed by atoms with Gasteiger partial charge in [0.15, 0.2) is 11.3 Å². The van der Waals surface area contributed by atoms with Gasteiger partial charge in [-0.2, -0.15) is 0 Å². The number of aliphatic hydroxyl groups is 1. The molecule has 8 rings (SSSR count). The van der Waals surface area contributed by atoms with E-state index < -0.39 is 29.6 Å². The van der Waals surface area contributed by atoms with E-state index in [9.17, 15) is 18.3 Å². The quantitative estimate of drug-likeness (QED) is 0.0671. The van der Waals surface area contributed by atoms with Gasteiger partial charge in [0.05, 0.1) is 29.5 Å². The third-order valence-corrected chi connectivity index (χ3v) is 17.2. The van der Waals surface area contributed by atoms with Crippen LogP contribution in [0.15, 0.2) is 83.4 Å². The molecule has 1 aliphatic heterocycles. The monoisotopic (exact) mass is 1020 g/mol. The molecule has 0 atom stereocenters. The summed E-state index contributed by atoms with van der Waals surface area (Å²) in [6, 6.07) is 21.1. The fraction of sp³-hybridized carbons (Fsp3) is 0.490. The lowest BCUT2D eigenvalue weighted by Crippen LogP contribution is -2.47. The van der Waals surface area contributed by atoms with Crippen molar-refractivity contribution in [3.63, 3.8) is 0 Å². The number of piperazine rings is 1. The number of anilines is 1. The van der Waals surface area contributed by atoms with E-state index in [1.807, 2.05) is 37.3 Å². The largest absolute Gasteiger partial charge is 0.476 e. The zero-order valence-corrected chi connectivity index (χ0v) is 43.9. The van der Waals surface area contributed by atoms with Gasteiger partial charge in [-0.25, -0.2) is 22.8 Å². The molecule has 2 aliphatic carbocycles. The number of benzene rings is 3. The normalized spacial score (nSPS) is 20.3. The molecule has 3 heterocycles. The Morgan fingerprint density at radius 1 is 0.942 bits per heavy atom. The van der Waals surface area contributed by atoms with Crippen molar-refractivity contribution in [3.8, 4) is 17.4 Å². The fourth-order valence-electron chi connectivity index (χ4n) is 9.23. The summed E-state index contributed by atoms with van der Waals surface area (Å²) in [6.45, 7) is 18.6. The summed E-state index contributed by atoms with van der Waals surface area (Å²) in [5.74, 6) is -0.123. The lowest BCUT2D eigenvalue weighted by Gasteiger charge is -2.39. The number of allylic oxidation sites excluding steroid dienone is 1. The van der Waals surface area contributed by atoms with Gasteiger partial charge in [0.2, 0.25) is 5.88 Å². The molecule has 69 heavy (non-hydrogen) atoms. The molecular formula is C51H65Cl2N7O7SSi. The number of hydrogen-bond donors (Lipinski definition) is 2. The number of halogens is 2. The third-order valence-electron chi connectivity index (χ3n) is 13.6. The van der Waals surface area contributed by atoms with Crippen molar-refractivity contribution in [2.75, 3.05) is 50.8 Å². The summed E-state index contributed by atoms with van der Waals surface area (Å²) >= 11 is 12.8. The highest BCUT2D eigenvalue weighted by atomic mass is 35.5. The van der Waals surface area contributed by atoms with E-state index >= 15 is 0 Å². The minimum atomic E-state index is -4.46. The van der Waals surface area contributed by atoms with Crippen molar-refractivity contribution in [2.24, 2.45) is 11.3 Å². The first-order valence-corrected chi connectivity index (χ1v) is 29.9. The van der Waals surface area contributed by atoms with E-state index in [1.54, 1.807) is 22.9 Å². The van der Waals surface area contributed by atoms with Crippen molar-refractivity contribution in [1.82, 2.24) is 29.6 Å². The second-order valence-electron chi connectivity index (χ2n) is 21.2. The Labute approximate surface area is 417 Å². The first-order chi connectivity index (χ1) is 32.7. The van der Waals surface area contributed by atoms with Gasteiger partial charge in [-0.15, -0.1) is 5.10 Å². The molecule has 3 aromatic carbocycles. The molecule has 0 bridgehead atoms. The molecule has 1 amide bonds. The van der Waals surface area contributed by atoms with Crippen LogP contribution in [0.2, 0.25) is 35.7 Å². The number of sulfonamides is 1. The van der Waals surface area contributed by atoms with Crippen molar-refractivity contribution < 1.29 is 32.5 Å². The zero-order valence-electron chi connectivity index (χ0n) is 40.6. The standard InChI is InChI=1S/C51H65Cl2N7O7SSi/c1-50(2)19-18-37(42(30-50)36-10-12-38(52)13-11-36)32-58-22-24-59(25-23-58)39-14-15-41(46(28-39)67-45-9-7-8-44-47(45)55-57-60(44)34-65-26-27-69(4,5)6)48(61)56-68(63,64)40-29-43(53)49(54-31-40)66-33-35-16-20-51(3,62)21-17-35/h7-15,28-29,31,35,62H,16-27,30,32-34H2,1-6H3,(H,56,61). The average Bonchev–Trinajstić information content (AvgIpc) is 3.72. The number of nitrogens with one attached hydrogen (secondary N) is 1. The van der Waals surface area contributed by atoms with Crippen LogP contribution in [0.5, 0.6) is 17.4 Å². The second-order valence-corrected chi connectivity index (χ2v) is 29.3. The lowest BCUT2D eigenvalue weighted by molar-refractivity contribution is 0.00127. The van der Waals surface area contributed by atoms with E-state index in [-0.39, 0.29) is 45.2 Å². The number of rotatable bonds is 17. The van der Waals surface area contributed by atoms with E-state index in [4.69, 9.17) is 37.4 Å². The lowest BCUT2D eigenvalue weighted by atomic mass is 9.72. The number of aromatic nitrogens is 4. The molecule has 3 aliphatic rings. The Balaban J connectivity index is 1.01. The van der Waals surface area contributed by atoms with Gasteiger partial charge >= 0.3 is 0 Å². The minimum Gasteiger partial charge on any atom is -0.476 e. The van der Waals surface area contributed by atoms with Crippen LogP contribution in [0, 0.1) is 11.3 Å². The third kappa shape index (κ3) is 13.1. The highest BCUT2D eigenvalue weighted by Gasteiger charge is 2.32. The number of fused-ring (bicyclic) bond motifs is 1. The van der Waals surface area contributed by atoms with E-state index in [0.29, 0.717) is 42.8 Å². The number of carbonyl (C=O) groups is 1. The van der Waals surface area contributed by atoms with Gasteiger partial charge < -0.3 is 24.2 Å². The topological polar surface area (TPSA) is 161 Å². The Morgan fingerprint density at radius 3 is 2.39 bits per heavy atom. The second kappa shape index (κ2) is 21.0. The maximum Gasteiger partial charge on any atom is 0.268 e. The number of nitrogens with zero attached hydrogens (tertiary/aromatic N) is 6. The fourth-order valence-corrected chi connectivity index (χ4v) is 11.3. The Bertz CT molecular complexity index is 2780. The Hall–Kier alpha value is -4.55. The number of amides is 1. The van der Waals surface area contributed by atoms with E-state index in [2.05, 4.69) is 75.4 Å². The highest BCUT2D eigenvalue weighted by molar-refractivity contribution is 7.90. The first kappa shape index (κ1) is 50.8. The summed E-state index contributed by atoms with van der Waals surface area (Å²) in [5, 5.41) is 19.8. The minimum absolute atomic E-state index is 0.00704. The van der Waals surface area contributed by atoms with Gasteiger partial charge in [-0.3, -0.25) is 9.69 Å². The summed E-state index contributed by atoms with van der Waals surface area (Å²) in [4.78, 5) is 22.8. The molecule has 0 spiro atoms. The van der Waals surface area contributed by atoms with Crippen LogP contribution in [0.4, 0.5) is 5.69 Å². The van der Waals surface area contributed by atoms with Crippen molar-refractivity contribution >= 4 is 69.5 Å². The first-order valence-electron chi connectivity index (χ1n) is 23.9. The maximum absolute atomic E-state index is 14.2. The summed E-state index contributed by atoms with van der Waals surface area (Å²) in [6.07, 6.45) is 7.24. The number of carbonyl (C=O) groups excluding carboxylic acids is 1. The predicted octanol–water partition coefficient (Wildman–Crippen LogP) is 10.5. The molecule has 2 N–H and O–H groups in total. The van der Waals surface area contributed by atoms with Gasteiger partial charge in [-0.1, -0.05) is 85.7 Å². The van der Waals surface area contributed by atoms with Gasteiger partial charge in [0.1, 0.15) is 22.4 Å². The van der Waals surface area contributed by atoms with Gasteiger partial charge in [0.25, 0.3) is 15.9 Å². The Morgan fingerprint density at radius 2 is 1.68 bits per heavy atom. The molecule has 5 aromatic rings. The maximum atomic E-state index is 14.2. The van der Waals surface area contributed by atoms with Crippen LogP contribution in [0.25, 0.3) is 16.6 Å². The summed E-state index contributed by atoms with van der Waals surface area (Å²) in [5.41, 5.74) is 5.63. The van der Waals surface area contributed by atoms with Gasteiger partial charge in [-0.05, 0) is 123 Å². The van der Waals surface area contributed by atoms with Gasteiger partial charge in [0, 0.05) is 64.2 Å². The van der Waals surface area contributed by atoms with E-state index in [1.165, 1.54) is 22.8 Å². The van der Waals surface area contributed by atoms with Crippen LogP contribution in [0.3, 0.4) is 0 Å². The number of pyridine rings is 1. The smallest absolute Gasteiger partial charge is 0.268 e. The zero-order chi connectivity index (χ0) is 49.1. The molecule has 0 unspecified atom stereocenters. The van der Waals surface area contributed by atoms with Crippen LogP contribution in [-0.4, -0.2) is 104 Å². The summed E-state index contributed by atoms with van der Waals surface area (Å²) < 4.78 is 49.9. The molecule has 18 heteroatoms. The predicted molar refractivity (Wildman–Crippen MR) is 275 cm³/mol. The SMILES string of the molecule is CC1(C)CCC(CN2CCN(c3ccc(C(=O)NS(=O)(=O)c4cnc(OCC5CCC(C)(O)CC5)c(Cl)c4)c(Oc4cccc5c4nnn5COCC[Si](C)(C)C)c3)CC2)=C(c2ccc(Cl)cc2)C1. The molecule has 14 nitrogen and oxygen atoms in total. The van der Waals surface area contributed by atoms with Crippen molar-refractivity contribution in [1.29, 1.82) is 0 Å². The Kier molecular flexibility index (Phi) is 15.5. The number of hydrogen-bond acceptors (Lipinski definition) is 12. The van der Waals surface area contributed by atoms with Crippen LogP contribution >= 0.6 is 23.2 Å². The molecule has 1 saturated carbocycles. The van der Waals surface area contributed by atoms with Crippen LogP contribution in [-0.2, 0) is 21.5 Å². The average molecular weight is 1020 g/mol. The molecule has 1 saturated heterocycles. The highest BCUT2D eigenvalue weighted by Crippen LogP contribution is 2.44. The molecule has 2 fully saturated rings. The molecular weight excluding hydrogens is 954 g/mol. The molecule has 2 aromatic heterocycles.